The second kappa shape index (κ2) is 9.61. The molecule has 1 aromatic carbocycles. The van der Waals surface area contributed by atoms with Gasteiger partial charge in [0, 0.05) is 43.9 Å². The second-order valence-electron chi connectivity index (χ2n) is 9.68. The summed E-state index contributed by atoms with van der Waals surface area (Å²) in [5.41, 5.74) is 3.98. The molecule has 3 heterocycles. The van der Waals surface area contributed by atoms with Gasteiger partial charge in [0.2, 0.25) is 0 Å². The number of ether oxygens (including phenoxy) is 1. The van der Waals surface area contributed by atoms with E-state index in [1.807, 2.05) is 0 Å². The number of halogens is 2. The number of amides is 2. The minimum atomic E-state index is -0.327. The maximum Gasteiger partial charge on any atom is 0.321 e. The van der Waals surface area contributed by atoms with Gasteiger partial charge in [-0.1, -0.05) is 37.0 Å². The Balaban J connectivity index is 1.54. The lowest BCUT2D eigenvalue weighted by Gasteiger charge is -2.38. The first-order chi connectivity index (χ1) is 16.1. The van der Waals surface area contributed by atoms with Crippen LogP contribution in [0.15, 0.2) is 18.2 Å². The van der Waals surface area contributed by atoms with Crippen LogP contribution in [-0.2, 0) is 17.8 Å². The van der Waals surface area contributed by atoms with E-state index in [4.69, 9.17) is 32.9 Å². The molecule has 0 radical (unpaired) electrons. The molecule has 1 aromatic heterocycles. The number of rotatable bonds is 3. The number of nitrogens with zero attached hydrogens (tertiary/aromatic N) is 4. The SMILES string of the molecule is CC(C)c1nc(N2CCN(C(=O)Nc3ccc(Cl)c(Cl)c3)CC2)c(C#N)c2c1COC(C)(C)C2. The molecule has 34 heavy (non-hydrogen) atoms. The summed E-state index contributed by atoms with van der Waals surface area (Å²) >= 11 is 12.0. The van der Waals surface area contributed by atoms with Gasteiger partial charge in [-0.15, -0.1) is 0 Å². The summed E-state index contributed by atoms with van der Waals surface area (Å²) in [5, 5.41) is 13.8. The molecule has 0 atom stereocenters. The zero-order chi connectivity index (χ0) is 24.6. The van der Waals surface area contributed by atoms with Gasteiger partial charge in [0.15, 0.2) is 0 Å². The number of piperazine rings is 1. The van der Waals surface area contributed by atoms with E-state index in [9.17, 15) is 10.1 Å². The average molecular weight is 502 g/mol. The Labute approximate surface area is 210 Å². The fraction of sp³-hybridized carbons (Fsp3) is 0.480. The first kappa shape index (κ1) is 24.6. The number of aromatic nitrogens is 1. The molecule has 1 N–H and O–H groups in total. The highest BCUT2D eigenvalue weighted by molar-refractivity contribution is 6.42. The van der Waals surface area contributed by atoms with Crippen LogP contribution in [0.3, 0.4) is 0 Å². The third-order valence-electron chi connectivity index (χ3n) is 6.33. The lowest BCUT2D eigenvalue weighted by Crippen LogP contribution is -2.50. The van der Waals surface area contributed by atoms with Crippen molar-refractivity contribution in [1.29, 1.82) is 5.26 Å². The number of pyridine rings is 1. The zero-order valence-corrected chi connectivity index (χ0v) is 21.4. The average Bonchev–Trinajstić information content (AvgIpc) is 2.79. The molecule has 180 valence electrons. The number of fused-ring (bicyclic) bond motifs is 1. The molecule has 0 saturated carbocycles. The van der Waals surface area contributed by atoms with Crippen LogP contribution in [0.2, 0.25) is 10.0 Å². The predicted molar refractivity (Wildman–Crippen MR) is 135 cm³/mol. The van der Waals surface area contributed by atoms with E-state index < -0.39 is 0 Å². The quantitative estimate of drug-likeness (QED) is 0.592. The van der Waals surface area contributed by atoms with E-state index in [1.54, 1.807) is 23.1 Å². The summed E-state index contributed by atoms with van der Waals surface area (Å²) in [7, 11) is 0. The van der Waals surface area contributed by atoms with Crippen molar-refractivity contribution < 1.29 is 9.53 Å². The monoisotopic (exact) mass is 501 g/mol. The van der Waals surface area contributed by atoms with Crippen molar-refractivity contribution in [1.82, 2.24) is 9.88 Å². The van der Waals surface area contributed by atoms with Crippen LogP contribution in [0.25, 0.3) is 0 Å². The van der Waals surface area contributed by atoms with Crippen LogP contribution in [0.5, 0.6) is 0 Å². The number of urea groups is 1. The molecule has 9 heteroatoms. The van der Waals surface area contributed by atoms with Gasteiger partial charge >= 0.3 is 6.03 Å². The zero-order valence-electron chi connectivity index (χ0n) is 19.9. The summed E-state index contributed by atoms with van der Waals surface area (Å²) < 4.78 is 6.04. The van der Waals surface area contributed by atoms with E-state index in [1.165, 1.54) is 0 Å². The van der Waals surface area contributed by atoms with Crippen LogP contribution in [-0.4, -0.2) is 47.7 Å². The fourth-order valence-corrected chi connectivity index (χ4v) is 4.80. The fourth-order valence-electron chi connectivity index (χ4n) is 4.50. The minimum absolute atomic E-state index is 0.196. The van der Waals surface area contributed by atoms with E-state index >= 15 is 0 Å². The first-order valence-corrected chi connectivity index (χ1v) is 12.2. The molecule has 0 bridgehead atoms. The van der Waals surface area contributed by atoms with Crippen molar-refractivity contribution >= 4 is 40.7 Å². The molecule has 0 spiro atoms. The number of nitrogens with one attached hydrogen (secondary N) is 1. The van der Waals surface area contributed by atoms with Crippen LogP contribution < -0.4 is 10.2 Å². The summed E-state index contributed by atoms with van der Waals surface area (Å²) in [6.07, 6.45) is 0.673. The van der Waals surface area contributed by atoms with Gasteiger partial charge in [0.25, 0.3) is 0 Å². The highest BCUT2D eigenvalue weighted by Gasteiger charge is 2.34. The highest BCUT2D eigenvalue weighted by Crippen LogP contribution is 2.37. The molecule has 2 aromatic rings. The summed E-state index contributed by atoms with van der Waals surface area (Å²) in [5.74, 6) is 0.926. The number of benzene rings is 1. The Morgan fingerprint density at radius 1 is 1.18 bits per heavy atom. The molecule has 2 aliphatic heterocycles. The molecule has 2 amide bonds. The first-order valence-electron chi connectivity index (χ1n) is 11.4. The molecule has 7 nitrogen and oxygen atoms in total. The number of hydrogen-bond donors (Lipinski definition) is 1. The maximum atomic E-state index is 12.8. The minimum Gasteiger partial charge on any atom is -0.370 e. The smallest absolute Gasteiger partial charge is 0.321 e. The number of carbonyl (C=O) groups is 1. The molecule has 0 unspecified atom stereocenters. The van der Waals surface area contributed by atoms with Crippen LogP contribution in [0.1, 0.15) is 56.0 Å². The van der Waals surface area contributed by atoms with Crippen molar-refractivity contribution in [2.75, 3.05) is 36.4 Å². The predicted octanol–water partition coefficient (Wildman–Crippen LogP) is 5.59. The van der Waals surface area contributed by atoms with E-state index in [-0.39, 0.29) is 17.6 Å². The number of hydrogen-bond acceptors (Lipinski definition) is 5. The molecule has 2 aliphatic rings. The van der Waals surface area contributed by atoms with E-state index in [0.29, 0.717) is 66.3 Å². The van der Waals surface area contributed by atoms with E-state index in [2.05, 4.69) is 44.0 Å². The Hall–Kier alpha value is -2.53. The van der Waals surface area contributed by atoms with E-state index in [0.717, 1.165) is 16.8 Å². The summed E-state index contributed by atoms with van der Waals surface area (Å²) in [6.45, 7) is 11.0. The molecule has 0 aliphatic carbocycles. The molecule has 1 saturated heterocycles. The lowest BCUT2D eigenvalue weighted by molar-refractivity contribution is -0.0408. The second-order valence-corrected chi connectivity index (χ2v) is 10.5. The van der Waals surface area contributed by atoms with Gasteiger partial charge in [0.05, 0.1) is 33.5 Å². The summed E-state index contributed by atoms with van der Waals surface area (Å²) in [4.78, 5) is 21.6. The maximum absolute atomic E-state index is 12.8. The Morgan fingerprint density at radius 3 is 2.50 bits per heavy atom. The Kier molecular flexibility index (Phi) is 6.95. The molecular weight excluding hydrogens is 473 g/mol. The van der Waals surface area contributed by atoms with Crippen molar-refractivity contribution in [3.8, 4) is 6.07 Å². The third-order valence-corrected chi connectivity index (χ3v) is 7.07. The molecule has 1 fully saturated rings. The van der Waals surface area contributed by atoms with Gasteiger partial charge in [-0.25, -0.2) is 9.78 Å². The van der Waals surface area contributed by atoms with Crippen molar-refractivity contribution in [2.45, 2.75) is 52.2 Å². The Bertz CT molecular complexity index is 1150. The van der Waals surface area contributed by atoms with Gasteiger partial charge < -0.3 is 19.9 Å². The highest BCUT2D eigenvalue weighted by atomic mass is 35.5. The number of carbonyl (C=O) groups excluding carboxylic acids is 1. The molecule has 4 rings (SSSR count). The van der Waals surface area contributed by atoms with Crippen molar-refractivity contribution in [3.63, 3.8) is 0 Å². The van der Waals surface area contributed by atoms with Crippen LogP contribution >= 0.6 is 23.2 Å². The largest absolute Gasteiger partial charge is 0.370 e. The van der Waals surface area contributed by atoms with Crippen LogP contribution in [0, 0.1) is 11.3 Å². The van der Waals surface area contributed by atoms with Gasteiger partial charge in [-0.2, -0.15) is 5.26 Å². The van der Waals surface area contributed by atoms with Crippen molar-refractivity contribution in [3.05, 3.63) is 50.6 Å². The lowest BCUT2D eigenvalue weighted by atomic mass is 9.86. The Morgan fingerprint density at radius 2 is 1.88 bits per heavy atom. The molecular formula is C25H29Cl2N5O2. The summed E-state index contributed by atoms with van der Waals surface area (Å²) in [6, 6.07) is 7.24. The standard InChI is InChI=1S/C25H29Cl2N5O2/c1-15(2)22-19-14-34-25(3,4)12-17(19)18(13-28)23(30-22)31-7-9-32(10-8-31)24(33)29-16-5-6-20(26)21(27)11-16/h5-6,11,15H,7-10,12,14H2,1-4H3,(H,29,33). The third kappa shape index (κ3) is 4.95. The van der Waals surface area contributed by atoms with Gasteiger partial charge in [-0.05, 0) is 43.5 Å². The number of nitriles is 1. The van der Waals surface area contributed by atoms with Gasteiger partial charge in [0.1, 0.15) is 11.9 Å². The number of anilines is 2. The topological polar surface area (TPSA) is 81.5 Å². The van der Waals surface area contributed by atoms with Crippen LogP contribution in [0.4, 0.5) is 16.3 Å². The van der Waals surface area contributed by atoms with Crippen molar-refractivity contribution in [2.24, 2.45) is 0 Å². The van der Waals surface area contributed by atoms with Gasteiger partial charge in [-0.3, -0.25) is 0 Å². The normalized spacial score (nSPS) is 17.4.